The van der Waals surface area contributed by atoms with Gasteiger partial charge in [-0.05, 0) is 18.3 Å². The van der Waals surface area contributed by atoms with Gasteiger partial charge in [-0.25, -0.2) is 4.79 Å². The third-order valence-electron chi connectivity index (χ3n) is 3.95. The van der Waals surface area contributed by atoms with Crippen LogP contribution in [0.1, 0.15) is 20.3 Å². The molecule has 0 aromatic carbocycles. The van der Waals surface area contributed by atoms with Crippen molar-refractivity contribution in [1.29, 1.82) is 0 Å². The summed E-state index contributed by atoms with van der Waals surface area (Å²) in [5.74, 6) is 0.653. The molecule has 1 amide bonds. The molecule has 2 heterocycles. The van der Waals surface area contributed by atoms with Crippen LogP contribution in [0.25, 0.3) is 5.32 Å². The van der Waals surface area contributed by atoms with Gasteiger partial charge >= 0.3 is 5.97 Å². The van der Waals surface area contributed by atoms with Gasteiger partial charge in [0.15, 0.2) is 0 Å². The van der Waals surface area contributed by atoms with Gasteiger partial charge in [0.1, 0.15) is 5.76 Å². The van der Waals surface area contributed by atoms with E-state index in [1.807, 2.05) is 13.0 Å². The van der Waals surface area contributed by atoms with Gasteiger partial charge < -0.3 is 14.8 Å². The first-order valence-electron chi connectivity index (χ1n) is 5.44. The second kappa shape index (κ2) is 5.30. The van der Waals surface area contributed by atoms with E-state index in [0.29, 0.717) is 12.2 Å². The number of β-lactam (4-membered cyclic amide) rings is 1. The fourth-order valence-electron chi connectivity index (χ4n) is 2.73. The molecular weight excluding hydrogens is 479 g/mol. The minimum absolute atomic E-state index is 0. The summed E-state index contributed by atoms with van der Waals surface area (Å²) in [7, 11) is 0. The van der Waals surface area contributed by atoms with Crippen molar-refractivity contribution in [3.63, 3.8) is 0 Å². The van der Waals surface area contributed by atoms with Crippen LogP contribution in [0.15, 0.2) is 23.5 Å². The van der Waals surface area contributed by atoms with Crippen LogP contribution in [0, 0.1) is 11.8 Å². The number of rotatable bonds is 0. The van der Waals surface area contributed by atoms with Crippen LogP contribution in [0.5, 0.6) is 0 Å². The molecule has 1 radical (unpaired) electrons. The van der Waals surface area contributed by atoms with E-state index in [-0.39, 0.29) is 77.5 Å². The Labute approximate surface area is 145 Å². The number of hydrogen-bond donors (Lipinski definition) is 0. The van der Waals surface area contributed by atoms with Gasteiger partial charge in [0.05, 0.1) is 5.91 Å². The molecule has 0 aromatic rings. The summed E-state index contributed by atoms with van der Waals surface area (Å²) in [4.78, 5) is 22.3. The Bertz CT molecular complexity index is 464. The average molecular weight is 491 g/mol. The van der Waals surface area contributed by atoms with Crippen molar-refractivity contribution in [3.05, 3.63) is 28.8 Å². The van der Waals surface area contributed by atoms with Crippen LogP contribution in [0.3, 0.4) is 0 Å². The molecule has 93 valence electrons. The molecule has 1 aliphatic carbocycles. The van der Waals surface area contributed by atoms with Crippen molar-refractivity contribution in [2.75, 3.05) is 0 Å². The Kier molecular flexibility index (Phi) is 4.79. The standard InChI is InChI=1S/C12H13NO3.W.Y/c1-6-7(2)12(5-10(14)13-12)4-9-8(6)3-11(15)16-9;;/h3-4,6-7H,5H2,1-2H3,(H,13,14);;/p-1. The van der Waals surface area contributed by atoms with Gasteiger partial charge in [-0.3, -0.25) is 0 Å². The van der Waals surface area contributed by atoms with Crippen molar-refractivity contribution in [2.24, 2.45) is 11.8 Å². The van der Waals surface area contributed by atoms with E-state index in [1.54, 1.807) is 6.08 Å². The molecule has 0 aromatic heterocycles. The average Bonchev–Trinajstić information content (AvgIpc) is 2.53. The number of allylic oxidation sites excluding steroid dienone is 1. The summed E-state index contributed by atoms with van der Waals surface area (Å²) < 4.78 is 5.11. The second-order valence-electron chi connectivity index (χ2n) is 4.78. The minimum atomic E-state index is -0.423. The molecule has 3 rings (SSSR count). The molecule has 3 atom stereocenters. The molecule has 6 heteroatoms. The van der Waals surface area contributed by atoms with Crippen molar-refractivity contribution in [1.82, 2.24) is 0 Å². The minimum Gasteiger partial charge on any atom is -0.644 e. The first-order valence-corrected chi connectivity index (χ1v) is 5.44. The van der Waals surface area contributed by atoms with Gasteiger partial charge in [-0.15, -0.1) is 0 Å². The normalized spacial score (nSPS) is 36.1. The third kappa shape index (κ3) is 2.21. The Morgan fingerprint density at radius 3 is 2.56 bits per heavy atom. The Balaban J connectivity index is 0.000000810. The number of amides is 1. The fourth-order valence-corrected chi connectivity index (χ4v) is 2.73. The van der Waals surface area contributed by atoms with E-state index in [1.165, 1.54) is 0 Å². The van der Waals surface area contributed by atoms with E-state index in [0.717, 1.165) is 5.57 Å². The number of carbonyl (C=O) groups is 2. The van der Waals surface area contributed by atoms with Crippen molar-refractivity contribution in [3.8, 4) is 0 Å². The van der Waals surface area contributed by atoms with E-state index >= 15 is 0 Å². The van der Waals surface area contributed by atoms with Crippen LogP contribution in [0.4, 0.5) is 0 Å². The molecule has 4 nitrogen and oxygen atoms in total. The van der Waals surface area contributed by atoms with Crippen LogP contribution in [-0.4, -0.2) is 17.4 Å². The molecule has 2 aliphatic heterocycles. The maximum atomic E-state index is 11.2. The molecule has 0 saturated carbocycles. The van der Waals surface area contributed by atoms with Gasteiger partial charge in [0.25, 0.3) is 0 Å². The fraction of sp³-hybridized carbons (Fsp3) is 0.500. The monoisotopic (exact) mass is 491 g/mol. The van der Waals surface area contributed by atoms with Crippen LogP contribution in [0.2, 0.25) is 0 Å². The van der Waals surface area contributed by atoms with Gasteiger partial charge in [0, 0.05) is 65.4 Å². The van der Waals surface area contributed by atoms with Gasteiger partial charge in [-0.1, -0.05) is 25.5 Å². The quantitative estimate of drug-likeness (QED) is 0.383. The van der Waals surface area contributed by atoms with Crippen molar-refractivity contribution in [2.45, 2.75) is 25.8 Å². The largest absolute Gasteiger partial charge is 0.644 e. The molecule has 3 unspecified atom stereocenters. The number of nitrogens with zero attached hydrogens (tertiary/aromatic N) is 1. The predicted octanol–water partition coefficient (Wildman–Crippen LogP) is 1.68. The predicted molar refractivity (Wildman–Crippen MR) is 56.3 cm³/mol. The second-order valence-corrected chi connectivity index (χ2v) is 4.78. The summed E-state index contributed by atoms with van der Waals surface area (Å²) in [6.07, 6.45) is 3.82. The Morgan fingerprint density at radius 1 is 1.39 bits per heavy atom. The summed E-state index contributed by atoms with van der Waals surface area (Å²) in [6.45, 7) is 4.11. The van der Waals surface area contributed by atoms with E-state index < -0.39 is 5.54 Å². The van der Waals surface area contributed by atoms with Crippen molar-refractivity contribution >= 4 is 11.9 Å². The molecule has 18 heavy (non-hydrogen) atoms. The summed E-state index contributed by atoms with van der Waals surface area (Å²) in [5, 5.41) is 4.10. The zero-order chi connectivity index (χ0) is 11.5. The number of carbonyl (C=O) groups excluding carboxylic acids is 2. The zero-order valence-electron chi connectivity index (χ0n) is 10.2. The number of esters is 1. The number of hydrogen-bond acceptors (Lipinski definition) is 3. The molecule has 1 spiro atoms. The van der Waals surface area contributed by atoms with E-state index in [4.69, 9.17) is 4.74 Å². The molecule has 0 bridgehead atoms. The first kappa shape index (κ1) is 16.3. The van der Waals surface area contributed by atoms with Crippen LogP contribution >= 0.6 is 0 Å². The third-order valence-corrected chi connectivity index (χ3v) is 3.95. The SMILES string of the molecule is CC1C2=CC(=O)OC2=CC2(CC(=O)[N-]2)C1C.[W].[Y]. The van der Waals surface area contributed by atoms with E-state index in [2.05, 4.69) is 12.2 Å². The number of ether oxygens (including phenoxy) is 1. The molecule has 1 saturated heterocycles. The first-order chi connectivity index (χ1) is 7.52. The van der Waals surface area contributed by atoms with Gasteiger partial charge in [-0.2, -0.15) is 0 Å². The van der Waals surface area contributed by atoms with Crippen LogP contribution in [-0.2, 0) is 68.1 Å². The molecule has 0 N–H and O–H groups in total. The van der Waals surface area contributed by atoms with Gasteiger partial charge in [0.2, 0.25) is 0 Å². The Hall–Kier alpha value is 0.212. The topological polar surface area (TPSA) is 57.5 Å². The zero-order valence-corrected chi connectivity index (χ0v) is 15.9. The summed E-state index contributed by atoms with van der Waals surface area (Å²) >= 11 is 0. The Morgan fingerprint density at radius 2 is 2.00 bits per heavy atom. The smallest absolute Gasteiger partial charge is 0.336 e. The van der Waals surface area contributed by atoms with Crippen LogP contribution < -0.4 is 0 Å². The van der Waals surface area contributed by atoms with E-state index in [9.17, 15) is 9.59 Å². The summed E-state index contributed by atoms with van der Waals surface area (Å²) in [5.41, 5.74) is 0.519. The maximum absolute atomic E-state index is 11.2. The molecular formula is C12H12NO3WY-. The van der Waals surface area contributed by atoms with Crippen molar-refractivity contribution < 1.29 is 68.1 Å². The molecule has 1 fully saturated rings. The maximum Gasteiger partial charge on any atom is 0.336 e. The number of fused-ring (bicyclic) bond motifs is 1. The summed E-state index contributed by atoms with van der Waals surface area (Å²) in [6, 6.07) is 0. The molecule has 3 aliphatic rings.